The number of nitrogens with one attached hydrogen (secondary N) is 1. The van der Waals surface area contributed by atoms with Crippen molar-refractivity contribution in [2.75, 3.05) is 31.1 Å². The summed E-state index contributed by atoms with van der Waals surface area (Å²) in [6.07, 6.45) is 2.62. The van der Waals surface area contributed by atoms with E-state index < -0.39 is 0 Å². The van der Waals surface area contributed by atoms with Crippen LogP contribution in [0.4, 0.5) is 5.82 Å². The van der Waals surface area contributed by atoms with Crippen molar-refractivity contribution in [3.63, 3.8) is 0 Å². The van der Waals surface area contributed by atoms with Crippen LogP contribution in [-0.4, -0.2) is 42.3 Å². The van der Waals surface area contributed by atoms with Crippen LogP contribution in [0.25, 0.3) is 0 Å². The number of aryl methyl sites for hydroxylation is 1. The Balaban J connectivity index is 1.78. The van der Waals surface area contributed by atoms with Crippen LogP contribution in [0.2, 0.25) is 0 Å². The summed E-state index contributed by atoms with van der Waals surface area (Å²) in [5.41, 5.74) is 0. The second-order valence-corrected chi connectivity index (χ2v) is 5.41. The summed E-state index contributed by atoms with van der Waals surface area (Å²) in [6.45, 7) is 7.84. The van der Waals surface area contributed by atoms with E-state index in [0.717, 1.165) is 37.2 Å². The standard InChI is InChI=1S/C14H22N4O/c1-3-19-14-7-13(16-10(2)17-14)18-8-11-5-4-6-15-12(11)9-18/h7,11-12,15H,3-6,8-9H2,1-2H3. The van der Waals surface area contributed by atoms with Gasteiger partial charge in [0.1, 0.15) is 11.6 Å². The van der Waals surface area contributed by atoms with E-state index in [1.165, 1.54) is 12.8 Å². The Morgan fingerprint density at radius 1 is 1.42 bits per heavy atom. The second-order valence-electron chi connectivity index (χ2n) is 5.41. The number of aromatic nitrogens is 2. The van der Waals surface area contributed by atoms with Crippen molar-refractivity contribution < 1.29 is 4.74 Å². The van der Waals surface area contributed by atoms with Gasteiger partial charge in [-0.15, -0.1) is 0 Å². The third-order valence-corrected chi connectivity index (χ3v) is 4.02. The minimum Gasteiger partial charge on any atom is -0.478 e. The van der Waals surface area contributed by atoms with Gasteiger partial charge in [0.25, 0.3) is 0 Å². The number of piperidine rings is 1. The first kappa shape index (κ1) is 12.7. The number of hydrogen-bond acceptors (Lipinski definition) is 5. The largest absolute Gasteiger partial charge is 0.478 e. The zero-order valence-corrected chi connectivity index (χ0v) is 11.7. The number of hydrogen-bond donors (Lipinski definition) is 1. The molecule has 3 heterocycles. The van der Waals surface area contributed by atoms with Gasteiger partial charge in [-0.25, -0.2) is 4.98 Å². The van der Waals surface area contributed by atoms with Crippen LogP contribution >= 0.6 is 0 Å². The van der Waals surface area contributed by atoms with Crippen molar-refractivity contribution in [1.29, 1.82) is 0 Å². The molecule has 2 unspecified atom stereocenters. The van der Waals surface area contributed by atoms with Gasteiger partial charge in [-0.2, -0.15) is 4.98 Å². The fourth-order valence-corrected chi connectivity index (χ4v) is 3.14. The number of nitrogens with zero attached hydrogens (tertiary/aromatic N) is 3. The molecule has 0 radical (unpaired) electrons. The highest BCUT2D eigenvalue weighted by molar-refractivity contribution is 5.43. The zero-order chi connectivity index (χ0) is 13.2. The molecule has 5 heteroatoms. The summed E-state index contributed by atoms with van der Waals surface area (Å²) < 4.78 is 5.51. The molecule has 2 aliphatic heterocycles. The maximum atomic E-state index is 5.51. The summed E-state index contributed by atoms with van der Waals surface area (Å²) in [5.74, 6) is 3.24. The zero-order valence-electron chi connectivity index (χ0n) is 11.7. The Labute approximate surface area is 114 Å². The Hall–Kier alpha value is -1.36. The van der Waals surface area contributed by atoms with Crippen LogP contribution in [0.5, 0.6) is 5.88 Å². The molecule has 0 aromatic carbocycles. The van der Waals surface area contributed by atoms with Crippen LogP contribution in [0.15, 0.2) is 6.07 Å². The quantitative estimate of drug-likeness (QED) is 0.891. The van der Waals surface area contributed by atoms with Gasteiger partial charge in [0.2, 0.25) is 5.88 Å². The average molecular weight is 262 g/mol. The van der Waals surface area contributed by atoms with Crippen molar-refractivity contribution in [2.24, 2.45) is 5.92 Å². The molecule has 2 aliphatic rings. The molecule has 1 aromatic heterocycles. The first-order valence-electron chi connectivity index (χ1n) is 7.23. The normalized spacial score (nSPS) is 26.3. The van der Waals surface area contributed by atoms with E-state index in [2.05, 4.69) is 20.2 Å². The lowest BCUT2D eigenvalue weighted by Gasteiger charge is -2.24. The van der Waals surface area contributed by atoms with Crippen molar-refractivity contribution in [2.45, 2.75) is 32.7 Å². The van der Waals surface area contributed by atoms with Crippen LogP contribution in [-0.2, 0) is 0 Å². The van der Waals surface area contributed by atoms with Crippen molar-refractivity contribution in [1.82, 2.24) is 15.3 Å². The van der Waals surface area contributed by atoms with Crippen LogP contribution < -0.4 is 15.0 Å². The SMILES string of the molecule is CCOc1cc(N2CC3CCCNC3C2)nc(C)n1. The Morgan fingerprint density at radius 2 is 2.32 bits per heavy atom. The molecule has 3 rings (SSSR count). The Bertz CT molecular complexity index is 437. The van der Waals surface area contributed by atoms with Crippen molar-refractivity contribution in [3.05, 3.63) is 11.9 Å². The highest BCUT2D eigenvalue weighted by Crippen LogP contribution is 2.29. The first-order chi connectivity index (χ1) is 9.26. The van der Waals surface area contributed by atoms with Gasteiger partial charge in [-0.3, -0.25) is 0 Å². The van der Waals surface area contributed by atoms with Crippen molar-refractivity contribution >= 4 is 5.82 Å². The molecule has 0 amide bonds. The molecule has 104 valence electrons. The smallest absolute Gasteiger partial charge is 0.218 e. The number of rotatable bonds is 3. The summed E-state index contributed by atoms with van der Waals surface area (Å²) in [6, 6.07) is 2.59. The molecule has 1 aromatic rings. The van der Waals surface area contributed by atoms with Gasteiger partial charge in [0, 0.05) is 25.2 Å². The summed E-state index contributed by atoms with van der Waals surface area (Å²) in [5, 5.41) is 3.62. The monoisotopic (exact) mass is 262 g/mol. The van der Waals surface area contributed by atoms with E-state index in [1.807, 2.05) is 19.9 Å². The van der Waals surface area contributed by atoms with Crippen LogP contribution in [0, 0.1) is 12.8 Å². The molecule has 0 spiro atoms. The predicted octanol–water partition coefficient (Wildman–Crippen LogP) is 1.37. The lowest BCUT2D eigenvalue weighted by molar-refractivity contribution is 0.325. The van der Waals surface area contributed by atoms with E-state index in [4.69, 9.17) is 4.74 Å². The summed E-state index contributed by atoms with van der Waals surface area (Å²) in [7, 11) is 0. The molecule has 5 nitrogen and oxygen atoms in total. The summed E-state index contributed by atoms with van der Waals surface area (Å²) in [4.78, 5) is 11.2. The van der Waals surface area contributed by atoms with E-state index in [0.29, 0.717) is 18.5 Å². The molecule has 0 aliphatic carbocycles. The van der Waals surface area contributed by atoms with E-state index >= 15 is 0 Å². The highest BCUT2D eigenvalue weighted by Gasteiger charge is 2.34. The van der Waals surface area contributed by atoms with E-state index in [-0.39, 0.29) is 0 Å². The molecule has 1 N–H and O–H groups in total. The molecular weight excluding hydrogens is 240 g/mol. The topological polar surface area (TPSA) is 50.3 Å². The van der Waals surface area contributed by atoms with Crippen molar-refractivity contribution in [3.8, 4) is 5.88 Å². The van der Waals surface area contributed by atoms with Crippen LogP contribution in [0.1, 0.15) is 25.6 Å². The Morgan fingerprint density at radius 3 is 3.11 bits per heavy atom. The van der Waals surface area contributed by atoms with Gasteiger partial charge in [-0.05, 0) is 39.2 Å². The number of fused-ring (bicyclic) bond motifs is 1. The number of anilines is 1. The van der Waals surface area contributed by atoms with E-state index in [9.17, 15) is 0 Å². The molecule has 0 bridgehead atoms. The fourth-order valence-electron chi connectivity index (χ4n) is 3.14. The molecule has 0 saturated carbocycles. The van der Waals surface area contributed by atoms with Gasteiger partial charge >= 0.3 is 0 Å². The van der Waals surface area contributed by atoms with Crippen LogP contribution in [0.3, 0.4) is 0 Å². The fraction of sp³-hybridized carbons (Fsp3) is 0.714. The minimum absolute atomic E-state index is 0.625. The maximum Gasteiger partial charge on any atom is 0.218 e. The van der Waals surface area contributed by atoms with Gasteiger partial charge < -0.3 is 15.0 Å². The summed E-state index contributed by atoms with van der Waals surface area (Å²) >= 11 is 0. The number of ether oxygens (including phenoxy) is 1. The lowest BCUT2D eigenvalue weighted by Crippen LogP contribution is -2.40. The van der Waals surface area contributed by atoms with E-state index in [1.54, 1.807) is 0 Å². The van der Waals surface area contributed by atoms with Gasteiger partial charge in [0.05, 0.1) is 6.61 Å². The second kappa shape index (κ2) is 5.33. The van der Waals surface area contributed by atoms with Gasteiger partial charge in [0.15, 0.2) is 0 Å². The average Bonchev–Trinajstić information content (AvgIpc) is 2.82. The molecule has 2 saturated heterocycles. The minimum atomic E-state index is 0.625. The highest BCUT2D eigenvalue weighted by atomic mass is 16.5. The maximum absolute atomic E-state index is 5.51. The first-order valence-corrected chi connectivity index (χ1v) is 7.23. The third kappa shape index (κ3) is 2.66. The molecule has 2 fully saturated rings. The molecule has 19 heavy (non-hydrogen) atoms. The molecule has 2 atom stereocenters. The molecular formula is C14H22N4O. The third-order valence-electron chi connectivity index (χ3n) is 4.02. The van der Waals surface area contributed by atoms with Gasteiger partial charge in [-0.1, -0.05) is 0 Å². The predicted molar refractivity (Wildman–Crippen MR) is 74.7 cm³/mol. The lowest BCUT2D eigenvalue weighted by atomic mass is 9.94. The Kier molecular flexibility index (Phi) is 3.55.